The average Bonchev–Trinajstić information content (AvgIpc) is 2.36. The van der Waals surface area contributed by atoms with Crippen LogP contribution in [0.4, 0.5) is 11.4 Å². The highest BCUT2D eigenvalue weighted by atomic mass is 16.3. The zero-order valence-corrected chi connectivity index (χ0v) is 11.8. The first kappa shape index (κ1) is 13.9. The molecule has 0 atom stereocenters. The molecule has 0 saturated heterocycles. The second kappa shape index (κ2) is 5.25. The van der Waals surface area contributed by atoms with Gasteiger partial charge < -0.3 is 16.2 Å². The molecule has 2 aromatic rings. The van der Waals surface area contributed by atoms with Crippen molar-refractivity contribution in [3.8, 4) is 5.75 Å². The quantitative estimate of drug-likeness (QED) is 0.579. The van der Waals surface area contributed by atoms with E-state index >= 15 is 0 Å². The molecule has 2 aromatic carbocycles. The molecule has 2 rings (SSSR count). The summed E-state index contributed by atoms with van der Waals surface area (Å²) in [6, 6.07) is 8.50. The van der Waals surface area contributed by atoms with Gasteiger partial charge >= 0.3 is 0 Å². The fraction of sp³-hybridized carbons (Fsp3) is 0.188. The topological polar surface area (TPSA) is 75.4 Å². The van der Waals surface area contributed by atoms with Gasteiger partial charge in [-0.2, -0.15) is 0 Å². The summed E-state index contributed by atoms with van der Waals surface area (Å²) in [5, 5.41) is 12.4. The first-order chi connectivity index (χ1) is 9.38. The number of anilines is 2. The van der Waals surface area contributed by atoms with Gasteiger partial charge in [0.25, 0.3) is 5.91 Å². The van der Waals surface area contributed by atoms with E-state index in [1.165, 1.54) is 12.1 Å². The SMILES string of the molecule is Cc1cc(C)c(NC(=O)c2ccc(N)c(O)c2)c(C)c1. The lowest BCUT2D eigenvalue weighted by molar-refractivity contribution is 0.102. The molecule has 0 fully saturated rings. The van der Waals surface area contributed by atoms with Crippen molar-refractivity contribution in [1.29, 1.82) is 0 Å². The molecule has 0 radical (unpaired) electrons. The third-order valence-electron chi connectivity index (χ3n) is 3.21. The lowest BCUT2D eigenvalue weighted by Crippen LogP contribution is -2.14. The first-order valence-corrected chi connectivity index (χ1v) is 6.36. The third kappa shape index (κ3) is 2.74. The Morgan fingerprint density at radius 3 is 2.25 bits per heavy atom. The van der Waals surface area contributed by atoms with E-state index in [9.17, 15) is 9.90 Å². The second-order valence-electron chi connectivity index (χ2n) is 5.00. The molecule has 0 spiro atoms. The third-order valence-corrected chi connectivity index (χ3v) is 3.21. The largest absolute Gasteiger partial charge is 0.506 e. The minimum absolute atomic E-state index is 0.0880. The van der Waals surface area contributed by atoms with Crippen LogP contribution in [-0.4, -0.2) is 11.0 Å². The Morgan fingerprint density at radius 1 is 1.10 bits per heavy atom. The lowest BCUT2D eigenvalue weighted by atomic mass is 10.0. The highest BCUT2D eigenvalue weighted by molar-refractivity contribution is 6.05. The Morgan fingerprint density at radius 2 is 1.70 bits per heavy atom. The van der Waals surface area contributed by atoms with Gasteiger partial charge in [0.2, 0.25) is 0 Å². The smallest absolute Gasteiger partial charge is 0.255 e. The van der Waals surface area contributed by atoms with Crippen LogP contribution in [0.3, 0.4) is 0 Å². The van der Waals surface area contributed by atoms with Crippen molar-refractivity contribution in [3.05, 3.63) is 52.6 Å². The Balaban J connectivity index is 2.30. The molecule has 0 aromatic heterocycles. The predicted octanol–water partition coefficient (Wildman–Crippen LogP) is 3.15. The van der Waals surface area contributed by atoms with Crippen LogP contribution in [0.1, 0.15) is 27.0 Å². The van der Waals surface area contributed by atoms with Crippen LogP contribution in [0.5, 0.6) is 5.75 Å². The normalized spacial score (nSPS) is 10.3. The molecule has 0 aliphatic rings. The fourth-order valence-electron chi connectivity index (χ4n) is 2.25. The van der Waals surface area contributed by atoms with Gasteiger partial charge in [-0.15, -0.1) is 0 Å². The molecule has 0 unspecified atom stereocenters. The number of carbonyl (C=O) groups excluding carboxylic acids is 1. The van der Waals surface area contributed by atoms with Crippen LogP contribution >= 0.6 is 0 Å². The number of rotatable bonds is 2. The van der Waals surface area contributed by atoms with Gasteiger partial charge in [0.05, 0.1) is 5.69 Å². The van der Waals surface area contributed by atoms with Gasteiger partial charge in [0.1, 0.15) is 5.75 Å². The average molecular weight is 270 g/mol. The van der Waals surface area contributed by atoms with Gasteiger partial charge in [0.15, 0.2) is 0 Å². The maximum absolute atomic E-state index is 12.2. The summed E-state index contributed by atoms with van der Waals surface area (Å²) in [5.41, 5.74) is 10.1. The van der Waals surface area contributed by atoms with E-state index in [1.807, 2.05) is 32.9 Å². The fourth-order valence-corrected chi connectivity index (χ4v) is 2.25. The minimum Gasteiger partial charge on any atom is -0.506 e. The first-order valence-electron chi connectivity index (χ1n) is 6.36. The highest BCUT2D eigenvalue weighted by Gasteiger charge is 2.11. The summed E-state index contributed by atoms with van der Waals surface area (Å²) >= 11 is 0. The van der Waals surface area contributed by atoms with Gasteiger partial charge in [-0.05, 0) is 50.1 Å². The number of nitrogens with two attached hydrogens (primary N) is 1. The Labute approximate surface area is 118 Å². The monoisotopic (exact) mass is 270 g/mol. The van der Waals surface area contributed by atoms with Crippen LogP contribution in [0.25, 0.3) is 0 Å². The van der Waals surface area contributed by atoms with Crippen molar-refractivity contribution in [2.75, 3.05) is 11.1 Å². The second-order valence-corrected chi connectivity index (χ2v) is 5.00. The molecular formula is C16H18N2O2. The number of phenolic OH excluding ortho intramolecular Hbond substituents is 1. The van der Waals surface area contributed by atoms with Crippen LogP contribution in [-0.2, 0) is 0 Å². The Bertz CT molecular complexity index is 655. The number of hydrogen-bond acceptors (Lipinski definition) is 3. The minimum atomic E-state index is -0.268. The zero-order valence-electron chi connectivity index (χ0n) is 11.8. The van der Waals surface area contributed by atoms with Crippen molar-refractivity contribution in [2.45, 2.75) is 20.8 Å². The summed E-state index contributed by atoms with van der Waals surface area (Å²) in [6.45, 7) is 5.93. The number of aromatic hydroxyl groups is 1. The van der Waals surface area contributed by atoms with Crippen LogP contribution < -0.4 is 11.1 Å². The number of benzene rings is 2. The summed E-state index contributed by atoms with van der Waals surface area (Å²) in [4.78, 5) is 12.2. The van der Waals surface area contributed by atoms with Crippen molar-refractivity contribution >= 4 is 17.3 Å². The summed E-state index contributed by atoms with van der Waals surface area (Å²) in [7, 11) is 0. The highest BCUT2D eigenvalue weighted by Crippen LogP contribution is 2.24. The van der Waals surface area contributed by atoms with E-state index < -0.39 is 0 Å². The number of nitrogen functional groups attached to an aromatic ring is 1. The van der Waals surface area contributed by atoms with Crippen LogP contribution in [0.2, 0.25) is 0 Å². The summed E-state index contributed by atoms with van der Waals surface area (Å²) in [5.74, 6) is -0.356. The molecule has 0 heterocycles. The summed E-state index contributed by atoms with van der Waals surface area (Å²) < 4.78 is 0. The zero-order chi connectivity index (χ0) is 14.9. The predicted molar refractivity (Wildman–Crippen MR) is 81.1 cm³/mol. The maximum Gasteiger partial charge on any atom is 0.255 e. The summed E-state index contributed by atoms with van der Waals surface area (Å²) in [6.07, 6.45) is 0. The van der Waals surface area contributed by atoms with Gasteiger partial charge in [0, 0.05) is 11.3 Å². The van der Waals surface area contributed by atoms with Gasteiger partial charge in [-0.3, -0.25) is 4.79 Å². The molecular weight excluding hydrogens is 252 g/mol. The van der Waals surface area contributed by atoms with Crippen molar-refractivity contribution < 1.29 is 9.90 Å². The lowest BCUT2D eigenvalue weighted by Gasteiger charge is -2.13. The Hall–Kier alpha value is -2.49. The van der Waals surface area contributed by atoms with E-state index in [0.29, 0.717) is 5.56 Å². The van der Waals surface area contributed by atoms with Crippen LogP contribution in [0, 0.1) is 20.8 Å². The molecule has 0 aliphatic carbocycles. The van der Waals surface area contributed by atoms with Crippen molar-refractivity contribution in [3.63, 3.8) is 0 Å². The molecule has 20 heavy (non-hydrogen) atoms. The molecule has 0 aliphatic heterocycles. The van der Waals surface area contributed by atoms with Gasteiger partial charge in [-0.1, -0.05) is 17.7 Å². The van der Waals surface area contributed by atoms with E-state index in [4.69, 9.17) is 5.73 Å². The number of aryl methyl sites for hydroxylation is 3. The van der Waals surface area contributed by atoms with E-state index in [1.54, 1.807) is 6.07 Å². The molecule has 4 nitrogen and oxygen atoms in total. The number of hydrogen-bond donors (Lipinski definition) is 3. The number of carbonyl (C=O) groups is 1. The molecule has 4 N–H and O–H groups in total. The maximum atomic E-state index is 12.2. The molecule has 4 heteroatoms. The molecule has 0 bridgehead atoms. The van der Waals surface area contributed by atoms with E-state index in [-0.39, 0.29) is 17.3 Å². The van der Waals surface area contributed by atoms with Crippen molar-refractivity contribution in [1.82, 2.24) is 0 Å². The number of amides is 1. The van der Waals surface area contributed by atoms with E-state index in [0.717, 1.165) is 22.4 Å². The standard InChI is InChI=1S/C16H18N2O2/c1-9-6-10(2)15(11(3)7-9)18-16(20)12-4-5-13(17)14(19)8-12/h4-8,19H,17H2,1-3H3,(H,18,20). The number of phenols is 1. The van der Waals surface area contributed by atoms with Gasteiger partial charge in [-0.25, -0.2) is 0 Å². The molecule has 104 valence electrons. The Kier molecular flexibility index (Phi) is 3.66. The molecule has 0 saturated carbocycles. The molecule has 1 amide bonds. The van der Waals surface area contributed by atoms with E-state index in [2.05, 4.69) is 5.32 Å². The van der Waals surface area contributed by atoms with Crippen molar-refractivity contribution in [2.24, 2.45) is 0 Å². The number of nitrogens with one attached hydrogen (secondary N) is 1. The van der Waals surface area contributed by atoms with Crippen LogP contribution in [0.15, 0.2) is 30.3 Å².